The van der Waals surface area contributed by atoms with Gasteiger partial charge < -0.3 is 5.32 Å². The summed E-state index contributed by atoms with van der Waals surface area (Å²) in [5, 5.41) is 3.35. The molecule has 0 fully saturated rings. The second-order valence-electron chi connectivity index (χ2n) is 5.62. The SMILES string of the molecule is CCNc1ccc(C(=C2C=CC(=NC)C=C2)c2ccccc2)cc1. The quantitative estimate of drug-likeness (QED) is 0.832. The van der Waals surface area contributed by atoms with Gasteiger partial charge in [0.15, 0.2) is 0 Å². The zero-order chi connectivity index (χ0) is 16.8. The van der Waals surface area contributed by atoms with Crippen LogP contribution in [-0.4, -0.2) is 19.3 Å². The Kier molecular flexibility index (Phi) is 5.07. The molecule has 0 saturated carbocycles. The minimum absolute atomic E-state index is 0.927. The first-order valence-electron chi connectivity index (χ1n) is 8.28. The molecule has 3 rings (SSSR count). The van der Waals surface area contributed by atoms with Gasteiger partial charge in [0, 0.05) is 19.3 Å². The molecule has 1 aliphatic carbocycles. The van der Waals surface area contributed by atoms with Crippen LogP contribution in [0.1, 0.15) is 18.1 Å². The molecule has 0 amide bonds. The molecule has 0 saturated heterocycles. The topological polar surface area (TPSA) is 24.4 Å². The van der Waals surface area contributed by atoms with Crippen LogP contribution in [0, 0.1) is 0 Å². The first-order valence-corrected chi connectivity index (χ1v) is 8.28. The molecule has 0 heterocycles. The summed E-state index contributed by atoms with van der Waals surface area (Å²) in [6.45, 7) is 3.03. The highest BCUT2D eigenvalue weighted by molar-refractivity contribution is 6.07. The van der Waals surface area contributed by atoms with E-state index in [-0.39, 0.29) is 0 Å². The van der Waals surface area contributed by atoms with E-state index in [0.29, 0.717) is 0 Å². The Morgan fingerprint density at radius 1 is 0.833 bits per heavy atom. The lowest BCUT2D eigenvalue weighted by molar-refractivity contribution is 1.21. The summed E-state index contributed by atoms with van der Waals surface area (Å²) < 4.78 is 0. The predicted octanol–water partition coefficient (Wildman–Crippen LogP) is 5.12. The molecule has 0 atom stereocenters. The smallest absolute Gasteiger partial charge is 0.0571 e. The fourth-order valence-electron chi connectivity index (χ4n) is 2.84. The molecule has 2 aromatic carbocycles. The minimum atomic E-state index is 0.927. The first kappa shape index (κ1) is 16.0. The Morgan fingerprint density at radius 2 is 1.46 bits per heavy atom. The summed E-state index contributed by atoms with van der Waals surface area (Å²) >= 11 is 0. The number of allylic oxidation sites excluding steroid dienone is 5. The standard InChI is InChI=1S/C22H22N2/c1-3-24-21-15-11-19(12-16-21)22(17-7-5-4-6-8-17)18-9-13-20(23-2)14-10-18/h4-16,24H,3H2,1-2H3. The Morgan fingerprint density at radius 3 is 2.04 bits per heavy atom. The third-order valence-corrected chi connectivity index (χ3v) is 4.03. The normalized spacial score (nSPS) is 13.1. The van der Waals surface area contributed by atoms with Crippen LogP contribution in [-0.2, 0) is 0 Å². The number of rotatable bonds is 4. The summed E-state index contributed by atoms with van der Waals surface area (Å²) in [5.41, 5.74) is 7.01. The molecule has 0 unspecified atom stereocenters. The molecule has 0 radical (unpaired) electrons. The molecule has 120 valence electrons. The predicted molar refractivity (Wildman–Crippen MR) is 105 cm³/mol. The maximum absolute atomic E-state index is 4.23. The van der Waals surface area contributed by atoms with Crippen molar-refractivity contribution in [3.8, 4) is 0 Å². The Hall–Kier alpha value is -2.87. The molecular formula is C22H22N2. The molecular weight excluding hydrogens is 292 g/mol. The molecule has 2 aromatic rings. The summed E-state index contributed by atoms with van der Waals surface area (Å²) in [6, 6.07) is 19.2. The lowest BCUT2D eigenvalue weighted by Gasteiger charge is -2.14. The van der Waals surface area contributed by atoms with Crippen LogP contribution in [0.25, 0.3) is 5.57 Å². The lowest BCUT2D eigenvalue weighted by atomic mass is 9.91. The zero-order valence-corrected chi connectivity index (χ0v) is 14.2. The maximum atomic E-state index is 4.23. The Labute approximate surface area is 144 Å². The van der Waals surface area contributed by atoms with Crippen LogP contribution in [0.5, 0.6) is 0 Å². The number of nitrogens with one attached hydrogen (secondary N) is 1. The van der Waals surface area contributed by atoms with Crippen LogP contribution in [0.3, 0.4) is 0 Å². The molecule has 1 N–H and O–H groups in total. The van der Waals surface area contributed by atoms with Crippen molar-refractivity contribution >= 4 is 17.0 Å². The van der Waals surface area contributed by atoms with Gasteiger partial charge in [0.2, 0.25) is 0 Å². The number of hydrogen-bond donors (Lipinski definition) is 1. The highest BCUT2D eigenvalue weighted by atomic mass is 14.8. The van der Waals surface area contributed by atoms with Crippen molar-refractivity contribution in [3.05, 3.63) is 95.6 Å². The summed E-state index contributed by atoms with van der Waals surface area (Å²) in [7, 11) is 1.82. The third kappa shape index (κ3) is 3.54. The molecule has 0 spiro atoms. The van der Waals surface area contributed by atoms with Gasteiger partial charge in [0.1, 0.15) is 0 Å². The number of anilines is 1. The van der Waals surface area contributed by atoms with Crippen LogP contribution >= 0.6 is 0 Å². The molecule has 2 heteroatoms. The Bertz CT molecular complexity index is 789. The van der Waals surface area contributed by atoms with Gasteiger partial charge in [-0.1, -0.05) is 54.6 Å². The average Bonchev–Trinajstić information content (AvgIpc) is 2.65. The molecule has 0 aromatic heterocycles. The summed E-state index contributed by atoms with van der Waals surface area (Å²) in [4.78, 5) is 4.23. The average molecular weight is 314 g/mol. The number of benzene rings is 2. The monoisotopic (exact) mass is 314 g/mol. The molecule has 2 nitrogen and oxygen atoms in total. The summed E-state index contributed by atoms with van der Waals surface area (Å²) in [6.07, 6.45) is 8.41. The van der Waals surface area contributed by atoms with E-state index in [9.17, 15) is 0 Å². The van der Waals surface area contributed by atoms with E-state index in [0.717, 1.165) is 17.9 Å². The van der Waals surface area contributed by atoms with E-state index >= 15 is 0 Å². The van der Waals surface area contributed by atoms with Gasteiger partial charge in [0.25, 0.3) is 0 Å². The zero-order valence-electron chi connectivity index (χ0n) is 14.2. The van der Waals surface area contributed by atoms with Gasteiger partial charge in [-0.2, -0.15) is 0 Å². The fraction of sp³-hybridized carbons (Fsp3) is 0.136. The van der Waals surface area contributed by atoms with Gasteiger partial charge >= 0.3 is 0 Å². The highest BCUT2D eigenvalue weighted by Crippen LogP contribution is 2.30. The van der Waals surface area contributed by atoms with E-state index < -0.39 is 0 Å². The van der Waals surface area contributed by atoms with Crippen molar-refractivity contribution in [2.75, 3.05) is 18.9 Å². The van der Waals surface area contributed by atoms with Gasteiger partial charge in [0.05, 0.1) is 5.71 Å². The maximum Gasteiger partial charge on any atom is 0.0571 e. The van der Waals surface area contributed by atoms with Gasteiger partial charge in [-0.05, 0) is 53.5 Å². The fourth-order valence-corrected chi connectivity index (χ4v) is 2.84. The molecule has 1 aliphatic rings. The van der Waals surface area contributed by atoms with E-state index in [4.69, 9.17) is 0 Å². The van der Waals surface area contributed by atoms with Crippen LogP contribution < -0.4 is 5.32 Å². The summed E-state index contributed by atoms with van der Waals surface area (Å²) in [5.74, 6) is 0. The van der Waals surface area contributed by atoms with E-state index in [2.05, 4.69) is 96.1 Å². The van der Waals surface area contributed by atoms with Crippen molar-refractivity contribution in [1.82, 2.24) is 0 Å². The Balaban J connectivity index is 2.09. The van der Waals surface area contributed by atoms with Crippen molar-refractivity contribution in [1.29, 1.82) is 0 Å². The van der Waals surface area contributed by atoms with Crippen molar-refractivity contribution in [2.45, 2.75) is 6.92 Å². The minimum Gasteiger partial charge on any atom is -0.385 e. The molecule has 24 heavy (non-hydrogen) atoms. The second kappa shape index (κ2) is 7.60. The van der Waals surface area contributed by atoms with Crippen LogP contribution in [0.4, 0.5) is 5.69 Å². The number of hydrogen-bond acceptors (Lipinski definition) is 2. The van der Waals surface area contributed by atoms with Crippen molar-refractivity contribution in [2.24, 2.45) is 4.99 Å². The number of nitrogens with zero attached hydrogens (tertiary/aromatic N) is 1. The lowest BCUT2D eigenvalue weighted by Crippen LogP contribution is -1.99. The van der Waals surface area contributed by atoms with Crippen molar-refractivity contribution < 1.29 is 0 Å². The highest BCUT2D eigenvalue weighted by Gasteiger charge is 2.10. The van der Waals surface area contributed by atoms with E-state index in [1.807, 2.05) is 7.05 Å². The van der Waals surface area contributed by atoms with Crippen LogP contribution in [0.15, 0.2) is 89.5 Å². The first-order chi connectivity index (χ1) is 11.8. The van der Waals surface area contributed by atoms with Gasteiger partial charge in [-0.25, -0.2) is 0 Å². The third-order valence-electron chi connectivity index (χ3n) is 4.03. The van der Waals surface area contributed by atoms with Gasteiger partial charge in [-0.15, -0.1) is 0 Å². The van der Waals surface area contributed by atoms with Gasteiger partial charge in [-0.3, -0.25) is 4.99 Å². The number of aliphatic imine (C=N–C) groups is 1. The molecule has 0 bridgehead atoms. The van der Waals surface area contributed by atoms with Crippen molar-refractivity contribution in [3.63, 3.8) is 0 Å². The molecule has 0 aliphatic heterocycles. The van der Waals surface area contributed by atoms with Crippen LogP contribution in [0.2, 0.25) is 0 Å². The second-order valence-corrected chi connectivity index (χ2v) is 5.62. The largest absolute Gasteiger partial charge is 0.385 e. The van der Waals surface area contributed by atoms with E-state index in [1.54, 1.807) is 0 Å². The van der Waals surface area contributed by atoms with E-state index in [1.165, 1.54) is 22.3 Å².